The Hall–Kier alpha value is -0.910. The van der Waals surface area contributed by atoms with E-state index in [1.54, 1.807) is 0 Å². The van der Waals surface area contributed by atoms with Crippen molar-refractivity contribution in [2.24, 2.45) is 11.7 Å². The smallest absolute Gasteiger partial charge is 0.211 e. The van der Waals surface area contributed by atoms with E-state index in [2.05, 4.69) is 4.72 Å². The predicted octanol–water partition coefficient (Wildman–Crippen LogP) is 1.80. The number of hydrogen-bond acceptors (Lipinski definition) is 3. The molecule has 1 fully saturated rings. The van der Waals surface area contributed by atoms with E-state index < -0.39 is 10.0 Å². The SMILES string of the molecule is NC(CNS(=O)(=O)CCC1CCC1)c1ccccc1. The lowest BCUT2D eigenvalue weighted by molar-refractivity contribution is 0.307. The van der Waals surface area contributed by atoms with Crippen molar-refractivity contribution in [2.45, 2.75) is 31.7 Å². The molecule has 1 aromatic carbocycles. The summed E-state index contributed by atoms with van der Waals surface area (Å²) in [4.78, 5) is 0. The molecule has 1 saturated carbocycles. The maximum absolute atomic E-state index is 11.8. The summed E-state index contributed by atoms with van der Waals surface area (Å²) in [6, 6.07) is 9.25. The lowest BCUT2D eigenvalue weighted by Gasteiger charge is -2.25. The van der Waals surface area contributed by atoms with Gasteiger partial charge in [-0.15, -0.1) is 0 Å². The number of sulfonamides is 1. The highest BCUT2D eigenvalue weighted by Gasteiger charge is 2.21. The highest BCUT2D eigenvalue weighted by molar-refractivity contribution is 7.89. The normalized spacial score (nSPS) is 17.9. The largest absolute Gasteiger partial charge is 0.323 e. The second kappa shape index (κ2) is 6.50. The second-order valence-electron chi connectivity index (χ2n) is 5.27. The molecule has 1 aliphatic carbocycles. The van der Waals surface area contributed by atoms with Gasteiger partial charge in [-0.05, 0) is 17.9 Å². The molecule has 1 atom stereocenters. The molecule has 0 aliphatic heterocycles. The highest BCUT2D eigenvalue weighted by atomic mass is 32.2. The number of rotatable bonds is 7. The first-order chi connectivity index (χ1) is 9.07. The Labute approximate surface area is 115 Å². The van der Waals surface area contributed by atoms with E-state index >= 15 is 0 Å². The zero-order valence-electron chi connectivity index (χ0n) is 11.1. The van der Waals surface area contributed by atoms with Gasteiger partial charge in [0.15, 0.2) is 0 Å². The summed E-state index contributed by atoms with van der Waals surface area (Å²) in [6.07, 6.45) is 4.38. The molecule has 0 spiro atoms. The molecule has 2 rings (SSSR count). The summed E-state index contributed by atoms with van der Waals surface area (Å²) in [5.41, 5.74) is 6.92. The number of nitrogens with two attached hydrogens (primary N) is 1. The third kappa shape index (κ3) is 4.60. The maximum atomic E-state index is 11.8. The maximum Gasteiger partial charge on any atom is 0.211 e. The molecule has 1 unspecified atom stereocenters. The van der Waals surface area contributed by atoms with Crippen molar-refractivity contribution < 1.29 is 8.42 Å². The molecule has 1 aromatic rings. The van der Waals surface area contributed by atoms with Crippen LogP contribution >= 0.6 is 0 Å². The van der Waals surface area contributed by atoms with Crippen molar-refractivity contribution in [1.82, 2.24) is 4.72 Å². The van der Waals surface area contributed by atoms with Crippen LogP contribution in [0.25, 0.3) is 0 Å². The third-order valence-corrected chi connectivity index (χ3v) is 5.15. The second-order valence-corrected chi connectivity index (χ2v) is 7.20. The minimum Gasteiger partial charge on any atom is -0.323 e. The Balaban J connectivity index is 1.77. The van der Waals surface area contributed by atoms with E-state index in [1.165, 1.54) is 19.3 Å². The standard InChI is InChI=1S/C14H22N2O2S/c15-14(13-7-2-1-3-8-13)11-16-19(17,18)10-9-12-5-4-6-12/h1-3,7-8,12,14,16H,4-6,9-11,15H2. The van der Waals surface area contributed by atoms with Crippen LogP contribution in [0.5, 0.6) is 0 Å². The first-order valence-corrected chi connectivity index (χ1v) is 8.50. The van der Waals surface area contributed by atoms with Gasteiger partial charge in [-0.25, -0.2) is 13.1 Å². The third-order valence-electron chi connectivity index (χ3n) is 3.77. The van der Waals surface area contributed by atoms with Crippen molar-refractivity contribution in [3.63, 3.8) is 0 Å². The molecule has 0 heterocycles. The fourth-order valence-corrected chi connectivity index (χ4v) is 3.43. The fraction of sp³-hybridized carbons (Fsp3) is 0.571. The minimum atomic E-state index is -3.19. The first kappa shape index (κ1) is 14.5. The summed E-state index contributed by atoms with van der Waals surface area (Å²) < 4.78 is 26.3. The molecule has 0 aromatic heterocycles. The zero-order valence-corrected chi connectivity index (χ0v) is 11.9. The summed E-state index contributed by atoms with van der Waals surface area (Å²) in [5.74, 6) is 0.832. The van der Waals surface area contributed by atoms with Gasteiger partial charge in [0.2, 0.25) is 10.0 Å². The average molecular weight is 282 g/mol. The Bertz CT molecular complexity index is 483. The molecule has 4 nitrogen and oxygen atoms in total. The van der Waals surface area contributed by atoms with Gasteiger partial charge in [0.1, 0.15) is 0 Å². The Morgan fingerprint density at radius 1 is 1.26 bits per heavy atom. The van der Waals surface area contributed by atoms with Crippen LogP contribution in [0.4, 0.5) is 0 Å². The minimum absolute atomic E-state index is 0.221. The molecule has 0 bridgehead atoms. The molecule has 0 saturated heterocycles. The van der Waals surface area contributed by atoms with Crippen LogP contribution < -0.4 is 10.5 Å². The Kier molecular flexibility index (Phi) is 4.96. The van der Waals surface area contributed by atoms with Crippen LogP contribution in [-0.4, -0.2) is 20.7 Å². The van der Waals surface area contributed by atoms with Gasteiger partial charge in [-0.2, -0.15) is 0 Å². The molecule has 0 radical (unpaired) electrons. The highest BCUT2D eigenvalue weighted by Crippen LogP contribution is 2.29. The van der Waals surface area contributed by atoms with Gasteiger partial charge >= 0.3 is 0 Å². The average Bonchev–Trinajstić information content (AvgIpc) is 2.35. The molecule has 0 amide bonds. The number of benzene rings is 1. The van der Waals surface area contributed by atoms with Crippen LogP contribution in [0.3, 0.4) is 0 Å². The lowest BCUT2D eigenvalue weighted by Crippen LogP contribution is -2.34. The molecule has 106 valence electrons. The molecule has 5 heteroatoms. The van der Waals surface area contributed by atoms with Crippen LogP contribution in [0, 0.1) is 5.92 Å². The summed E-state index contributed by atoms with van der Waals surface area (Å²) in [7, 11) is -3.19. The van der Waals surface area contributed by atoms with Crippen molar-refractivity contribution in [3.05, 3.63) is 35.9 Å². The Morgan fingerprint density at radius 3 is 2.53 bits per heavy atom. The monoisotopic (exact) mass is 282 g/mol. The van der Waals surface area contributed by atoms with Gasteiger partial charge < -0.3 is 5.73 Å². The van der Waals surface area contributed by atoms with Crippen molar-refractivity contribution in [1.29, 1.82) is 0 Å². The number of nitrogens with one attached hydrogen (secondary N) is 1. The fourth-order valence-electron chi connectivity index (χ4n) is 2.21. The van der Waals surface area contributed by atoms with E-state index in [-0.39, 0.29) is 18.3 Å². The number of hydrogen-bond donors (Lipinski definition) is 2. The van der Waals surface area contributed by atoms with Crippen molar-refractivity contribution in [2.75, 3.05) is 12.3 Å². The lowest BCUT2D eigenvalue weighted by atomic mass is 9.84. The van der Waals surface area contributed by atoms with Crippen molar-refractivity contribution in [3.8, 4) is 0 Å². The van der Waals surface area contributed by atoms with E-state index in [0.29, 0.717) is 5.92 Å². The van der Waals surface area contributed by atoms with Gasteiger partial charge in [0.25, 0.3) is 0 Å². The van der Waals surface area contributed by atoms with E-state index in [4.69, 9.17) is 5.73 Å². The van der Waals surface area contributed by atoms with Crippen LogP contribution in [0.1, 0.15) is 37.3 Å². The summed E-state index contributed by atoms with van der Waals surface area (Å²) in [5, 5.41) is 0. The predicted molar refractivity (Wildman–Crippen MR) is 77.1 cm³/mol. The summed E-state index contributed by atoms with van der Waals surface area (Å²) >= 11 is 0. The molecule has 1 aliphatic rings. The van der Waals surface area contributed by atoms with E-state index in [0.717, 1.165) is 12.0 Å². The van der Waals surface area contributed by atoms with Gasteiger partial charge in [-0.1, -0.05) is 49.6 Å². The first-order valence-electron chi connectivity index (χ1n) is 6.85. The molecule has 19 heavy (non-hydrogen) atoms. The van der Waals surface area contributed by atoms with Gasteiger partial charge in [0, 0.05) is 12.6 Å². The van der Waals surface area contributed by atoms with Crippen LogP contribution in [-0.2, 0) is 10.0 Å². The summed E-state index contributed by atoms with van der Waals surface area (Å²) in [6.45, 7) is 0.261. The molecular weight excluding hydrogens is 260 g/mol. The topological polar surface area (TPSA) is 72.2 Å². The van der Waals surface area contributed by atoms with Crippen LogP contribution in [0.2, 0.25) is 0 Å². The van der Waals surface area contributed by atoms with Crippen LogP contribution in [0.15, 0.2) is 30.3 Å². The molecule has 3 N–H and O–H groups in total. The zero-order chi connectivity index (χ0) is 13.7. The quantitative estimate of drug-likeness (QED) is 0.801. The Morgan fingerprint density at radius 2 is 1.95 bits per heavy atom. The van der Waals surface area contributed by atoms with E-state index in [9.17, 15) is 8.42 Å². The van der Waals surface area contributed by atoms with Gasteiger partial charge in [0.05, 0.1) is 5.75 Å². The van der Waals surface area contributed by atoms with Gasteiger partial charge in [-0.3, -0.25) is 0 Å². The molecular formula is C14H22N2O2S. The van der Waals surface area contributed by atoms with E-state index in [1.807, 2.05) is 30.3 Å². The van der Waals surface area contributed by atoms with Crippen molar-refractivity contribution >= 4 is 10.0 Å².